The first kappa shape index (κ1) is 16.8. The monoisotopic (exact) mass is 360 g/mol. The Hall–Kier alpha value is -3.00. The van der Waals surface area contributed by atoms with Crippen molar-refractivity contribution in [2.45, 2.75) is 0 Å². The van der Waals surface area contributed by atoms with Gasteiger partial charge in [-0.05, 0) is 36.4 Å². The average molecular weight is 360 g/mol. The van der Waals surface area contributed by atoms with Crippen LogP contribution in [-0.2, 0) is 4.74 Å². The Morgan fingerprint density at radius 1 is 1.12 bits per heavy atom. The minimum Gasteiger partial charge on any atom is -0.494 e. The molecular formula is C17H13FN2O4S. The van der Waals surface area contributed by atoms with Gasteiger partial charge >= 0.3 is 5.97 Å². The van der Waals surface area contributed by atoms with E-state index in [1.165, 1.54) is 38.5 Å². The quantitative estimate of drug-likeness (QED) is 0.721. The summed E-state index contributed by atoms with van der Waals surface area (Å²) in [6.07, 6.45) is 0. The van der Waals surface area contributed by atoms with Crippen LogP contribution in [0.2, 0.25) is 0 Å². The van der Waals surface area contributed by atoms with Crippen LogP contribution in [0.1, 0.15) is 20.7 Å². The number of rotatable bonds is 4. The number of hydrogen-bond acceptors (Lipinski definition) is 6. The fraction of sp³-hybridized carbons (Fsp3) is 0.118. The molecule has 3 aromatic rings. The molecule has 128 valence electrons. The van der Waals surface area contributed by atoms with Crippen LogP contribution in [0.3, 0.4) is 0 Å². The van der Waals surface area contributed by atoms with Crippen LogP contribution in [0.25, 0.3) is 10.2 Å². The second-order valence-corrected chi connectivity index (χ2v) is 5.96. The van der Waals surface area contributed by atoms with E-state index in [1.54, 1.807) is 12.1 Å². The number of nitrogens with zero attached hydrogens (tertiary/aromatic N) is 1. The molecule has 0 atom stereocenters. The van der Waals surface area contributed by atoms with Gasteiger partial charge in [0.15, 0.2) is 5.13 Å². The zero-order valence-corrected chi connectivity index (χ0v) is 14.1. The van der Waals surface area contributed by atoms with Gasteiger partial charge in [0.05, 0.1) is 24.5 Å². The van der Waals surface area contributed by atoms with Crippen molar-refractivity contribution < 1.29 is 23.5 Å². The summed E-state index contributed by atoms with van der Waals surface area (Å²) in [4.78, 5) is 28.5. The van der Waals surface area contributed by atoms with Crippen LogP contribution in [0.4, 0.5) is 9.52 Å². The summed E-state index contributed by atoms with van der Waals surface area (Å²) in [7, 11) is 2.78. The third-order valence-corrected chi connectivity index (χ3v) is 4.46. The van der Waals surface area contributed by atoms with E-state index in [9.17, 15) is 14.0 Å². The van der Waals surface area contributed by atoms with Crippen LogP contribution in [0.5, 0.6) is 5.75 Å². The van der Waals surface area contributed by atoms with Crippen LogP contribution >= 0.6 is 11.3 Å². The fourth-order valence-electron chi connectivity index (χ4n) is 2.24. The number of ether oxygens (including phenoxy) is 2. The van der Waals surface area contributed by atoms with Gasteiger partial charge in [0.25, 0.3) is 5.91 Å². The molecule has 0 aliphatic heterocycles. The normalized spacial score (nSPS) is 10.5. The summed E-state index contributed by atoms with van der Waals surface area (Å²) < 4.78 is 23.5. The molecule has 1 aromatic heterocycles. The van der Waals surface area contributed by atoms with Crippen LogP contribution in [-0.4, -0.2) is 31.1 Å². The van der Waals surface area contributed by atoms with E-state index in [0.717, 1.165) is 11.3 Å². The van der Waals surface area contributed by atoms with Crippen molar-refractivity contribution in [2.24, 2.45) is 0 Å². The number of carbonyl (C=O) groups is 2. The largest absolute Gasteiger partial charge is 0.494 e. The van der Waals surface area contributed by atoms with Crippen LogP contribution in [0.15, 0.2) is 36.4 Å². The molecule has 6 nitrogen and oxygen atoms in total. The van der Waals surface area contributed by atoms with Gasteiger partial charge in [0.2, 0.25) is 0 Å². The number of methoxy groups -OCH3 is 2. The molecule has 1 N–H and O–H groups in total. The van der Waals surface area contributed by atoms with E-state index in [2.05, 4.69) is 10.3 Å². The highest BCUT2D eigenvalue weighted by Gasteiger charge is 2.19. The van der Waals surface area contributed by atoms with Crippen molar-refractivity contribution in [3.63, 3.8) is 0 Å². The average Bonchev–Trinajstić information content (AvgIpc) is 3.04. The molecule has 0 aliphatic carbocycles. The lowest BCUT2D eigenvalue weighted by atomic mass is 10.2. The first-order valence-corrected chi connectivity index (χ1v) is 7.98. The Morgan fingerprint density at radius 2 is 1.84 bits per heavy atom. The maximum atomic E-state index is 13.0. The summed E-state index contributed by atoms with van der Waals surface area (Å²) >= 11 is 1.13. The molecule has 0 saturated carbocycles. The van der Waals surface area contributed by atoms with Crippen LogP contribution < -0.4 is 10.1 Å². The number of aromatic nitrogens is 1. The highest BCUT2D eigenvalue weighted by atomic mass is 32.1. The molecule has 0 unspecified atom stereocenters. The van der Waals surface area contributed by atoms with E-state index >= 15 is 0 Å². The molecule has 0 saturated heterocycles. The molecule has 1 heterocycles. The van der Waals surface area contributed by atoms with Gasteiger partial charge in [-0.1, -0.05) is 11.3 Å². The van der Waals surface area contributed by atoms with E-state index < -0.39 is 17.7 Å². The predicted molar refractivity (Wildman–Crippen MR) is 91.9 cm³/mol. The topological polar surface area (TPSA) is 77.5 Å². The number of halogens is 1. The van der Waals surface area contributed by atoms with E-state index in [0.29, 0.717) is 32.2 Å². The van der Waals surface area contributed by atoms with Crippen molar-refractivity contribution in [3.8, 4) is 5.75 Å². The van der Waals surface area contributed by atoms with Crippen molar-refractivity contribution in [2.75, 3.05) is 19.5 Å². The number of carbonyl (C=O) groups excluding carboxylic acids is 2. The fourth-order valence-corrected chi connectivity index (χ4v) is 3.22. The molecule has 3 rings (SSSR count). The van der Waals surface area contributed by atoms with Crippen molar-refractivity contribution in [1.29, 1.82) is 0 Å². The second kappa shape index (κ2) is 6.86. The first-order chi connectivity index (χ1) is 12.0. The molecule has 0 bridgehead atoms. The summed E-state index contributed by atoms with van der Waals surface area (Å²) in [6, 6.07) is 8.34. The number of esters is 1. The number of amides is 1. The van der Waals surface area contributed by atoms with Crippen molar-refractivity contribution >= 4 is 38.6 Å². The number of fused-ring (bicyclic) bond motifs is 1. The Kier molecular flexibility index (Phi) is 4.62. The van der Waals surface area contributed by atoms with Crippen molar-refractivity contribution in [1.82, 2.24) is 4.98 Å². The Morgan fingerprint density at radius 3 is 2.48 bits per heavy atom. The maximum absolute atomic E-state index is 13.0. The van der Waals surface area contributed by atoms with Gasteiger partial charge in [-0.2, -0.15) is 0 Å². The number of hydrogen-bond donors (Lipinski definition) is 1. The Bertz CT molecular complexity index is 953. The molecule has 2 aromatic carbocycles. The minimum atomic E-state index is -0.507. The lowest BCUT2D eigenvalue weighted by Crippen LogP contribution is -2.11. The molecule has 1 amide bonds. The van der Waals surface area contributed by atoms with E-state index in [1.807, 2.05) is 0 Å². The highest BCUT2D eigenvalue weighted by Crippen LogP contribution is 2.35. The van der Waals surface area contributed by atoms with Gasteiger partial charge in [-0.15, -0.1) is 0 Å². The summed E-state index contributed by atoms with van der Waals surface area (Å²) in [5.41, 5.74) is 1.07. The number of benzene rings is 2. The number of nitrogens with one attached hydrogen (secondary N) is 1. The Labute approximate surface area is 146 Å². The summed E-state index contributed by atoms with van der Waals surface area (Å²) in [5, 5.41) is 2.93. The molecule has 8 heteroatoms. The lowest BCUT2D eigenvalue weighted by molar-refractivity contribution is 0.0603. The third kappa shape index (κ3) is 3.29. The SMILES string of the molecule is COC(=O)c1ccc(OC)c2nc(NC(=O)c3ccc(F)cc3)sc12. The van der Waals surface area contributed by atoms with Gasteiger partial charge < -0.3 is 9.47 Å². The molecule has 0 spiro atoms. The molecule has 25 heavy (non-hydrogen) atoms. The zero-order chi connectivity index (χ0) is 18.0. The van der Waals surface area contributed by atoms with Gasteiger partial charge in [-0.25, -0.2) is 14.2 Å². The number of thiazole rings is 1. The number of anilines is 1. The van der Waals surface area contributed by atoms with Gasteiger partial charge in [0, 0.05) is 5.56 Å². The molecule has 0 aliphatic rings. The van der Waals surface area contributed by atoms with E-state index in [4.69, 9.17) is 9.47 Å². The zero-order valence-electron chi connectivity index (χ0n) is 13.3. The van der Waals surface area contributed by atoms with Gasteiger partial charge in [0.1, 0.15) is 17.1 Å². The second-order valence-electron chi connectivity index (χ2n) is 4.96. The standard InChI is InChI=1S/C17H13FN2O4S/c1-23-12-8-7-11(16(22)24-2)14-13(12)19-17(25-14)20-15(21)9-3-5-10(18)6-4-9/h3-8H,1-2H3,(H,19,20,21). The summed E-state index contributed by atoms with van der Waals surface area (Å²) in [6.45, 7) is 0. The van der Waals surface area contributed by atoms with E-state index in [-0.39, 0.29) is 0 Å². The summed E-state index contributed by atoms with van der Waals surface area (Å²) in [5.74, 6) is -0.893. The third-order valence-electron chi connectivity index (χ3n) is 3.46. The molecular weight excluding hydrogens is 347 g/mol. The first-order valence-electron chi connectivity index (χ1n) is 7.16. The maximum Gasteiger partial charge on any atom is 0.339 e. The smallest absolute Gasteiger partial charge is 0.339 e. The lowest BCUT2D eigenvalue weighted by Gasteiger charge is -2.03. The molecule has 0 fully saturated rings. The predicted octanol–water partition coefficient (Wildman–Crippen LogP) is 3.48. The molecule has 0 radical (unpaired) electrons. The van der Waals surface area contributed by atoms with Crippen molar-refractivity contribution in [3.05, 3.63) is 53.3 Å². The Balaban J connectivity index is 1.98. The minimum absolute atomic E-state index is 0.291. The van der Waals surface area contributed by atoms with Crippen LogP contribution in [0, 0.1) is 5.82 Å². The highest BCUT2D eigenvalue weighted by molar-refractivity contribution is 7.22. The van der Waals surface area contributed by atoms with Gasteiger partial charge in [-0.3, -0.25) is 10.1 Å².